The molecule has 0 aromatic heterocycles. The number of hydrogen-bond acceptors (Lipinski definition) is 6. The van der Waals surface area contributed by atoms with Crippen molar-refractivity contribution in [1.82, 2.24) is 0 Å². The van der Waals surface area contributed by atoms with E-state index in [1.165, 1.54) is 12.8 Å². The van der Waals surface area contributed by atoms with Crippen molar-refractivity contribution in [2.24, 2.45) is 10.8 Å². The summed E-state index contributed by atoms with van der Waals surface area (Å²) in [5.74, 6) is -0.835. The van der Waals surface area contributed by atoms with E-state index in [9.17, 15) is 19.8 Å². The van der Waals surface area contributed by atoms with Crippen molar-refractivity contribution in [1.29, 1.82) is 0 Å². The monoisotopic (exact) mass is 638 g/mol. The van der Waals surface area contributed by atoms with Crippen LogP contribution in [0.2, 0.25) is 0 Å². The summed E-state index contributed by atoms with van der Waals surface area (Å²) in [4.78, 5) is 22.0. The first kappa shape index (κ1) is 45.4. The van der Waals surface area contributed by atoms with E-state index in [0.717, 1.165) is 38.5 Å². The Kier molecular flexibility index (Phi) is 42.1. The minimum Gasteiger partial charge on any atom is -0.793 e. The third kappa shape index (κ3) is 24.5. The first-order valence-electron chi connectivity index (χ1n) is 13.3. The van der Waals surface area contributed by atoms with E-state index >= 15 is 0 Å². The zero-order valence-electron chi connectivity index (χ0n) is 23.7. The van der Waals surface area contributed by atoms with Crippen LogP contribution in [0.15, 0.2) is 0 Å². The SMILES string of the molecule is CCCCC(CC)(CC[S-])C(=O)[O-].CCCCC(CC)(CC[S-])C(=O)[O-].[CH2]CCC.[CH2]CCC.[Sn+2]. The Morgan fingerprint density at radius 3 is 1.00 bits per heavy atom. The summed E-state index contributed by atoms with van der Waals surface area (Å²) in [6.45, 7) is 19.4. The quantitative estimate of drug-likeness (QED) is 0.167. The first-order chi connectivity index (χ1) is 16.1. The number of aliphatic carboxylic acids is 2. The van der Waals surface area contributed by atoms with Gasteiger partial charge in [0.05, 0.1) is 0 Å². The van der Waals surface area contributed by atoms with Crippen LogP contribution in [0.25, 0.3) is 0 Å². The van der Waals surface area contributed by atoms with Gasteiger partial charge < -0.3 is 45.1 Å². The Balaban J connectivity index is -0.000000128. The molecule has 0 N–H and O–H groups in total. The van der Waals surface area contributed by atoms with Crippen LogP contribution in [0.4, 0.5) is 0 Å². The third-order valence-electron chi connectivity index (χ3n) is 6.11. The van der Waals surface area contributed by atoms with E-state index in [4.69, 9.17) is 25.3 Å². The summed E-state index contributed by atoms with van der Waals surface area (Å²) in [6, 6.07) is 0. The van der Waals surface area contributed by atoms with Gasteiger partial charge in [0.25, 0.3) is 0 Å². The molecule has 0 aliphatic heterocycles. The average molecular weight is 638 g/mol. The molecular weight excluding hydrogens is 583 g/mol. The van der Waals surface area contributed by atoms with Crippen molar-refractivity contribution < 1.29 is 19.8 Å². The number of hydrogen-bond donors (Lipinski definition) is 0. The zero-order chi connectivity index (χ0) is 27.5. The van der Waals surface area contributed by atoms with Crippen molar-refractivity contribution in [3.8, 4) is 0 Å². The zero-order valence-corrected chi connectivity index (χ0v) is 28.2. The van der Waals surface area contributed by atoms with Crippen LogP contribution in [-0.2, 0) is 34.8 Å². The Labute approximate surface area is 247 Å². The smallest absolute Gasteiger partial charge is 0.793 e. The molecule has 4 nitrogen and oxygen atoms in total. The molecule has 0 saturated heterocycles. The maximum atomic E-state index is 11.0. The molecule has 0 aliphatic carbocycles. The van der Waals surface area contributed by atoms with E-state index < -0.39 is 22.8 Å². The molecule has 0 heterocycles. The van der Waals surface area contributed by atoms with Gasteiger partial charge in [0, 0.05) is 22.8 Å². The summed E-state index contributed by atoms with van der Waals surface area (Å²) < 4.78 is 0. The second-order valence-electron chi connectivity index (χ2n) is 8.67. The maximum absolute atomic E-state index is 11.0. The molecule has 0 aliphatic rings. The van der Waals surface area contributed by atoms with E-state index in [1.807, 2.05) is 13.8 Å². The van der Waals surface area contributed by atoms with Gasteiger partial charge in [0.1, 0.15) is 0 Å². The Morgan fingerprint density at radius 1 is 0.629 bits per heavy atom. The van der Waals surface area contributed by atoms with Crippen molar-refractivity contribution in [3.63, 3.8) is 0 Å². The fourth-order valence-corrected chi connectivity index (χ4v) is 3.86. The number of carboxylic acids is 2. The third-order valence-corrected chi connectivity index (χ3v) is 6.51. The van der Waals surface area contributed by atoms with Crippen molar-refractivity contribution >= 4 is 61.1 Å². The topological polar surface area (TPSA) is 80.3 Å². The van der Waals surface area contributed by atoms with Crippen molar-refractivity contribution in [2.75, 3.05) is 11.5 Å². The largest absolute Gasteiger partial charge is 2.00 e. The van der Waals surface area contributed by atoms with Crippen LogP contribution < -0.4 is 10.2 Å². The molecular formula is C28H54O4S2Sn-2. The van der Waals surface area contributed by atoms with Crippen LogP contribution in [0, 0.1) is 24.7 Å². The number of carboxylic acid groups (broad SMARTS) is 2. The van der Waals surface area contributed by atoms with Gasteiger partial charge in [0.2, 0.25) is 0 Å². The van der Waals surface area contributed by atoms with Gasteiger partial charge >= 0.3 is 23.9 Å². The number of rotatable bonds is 16. The molecule has 0 aromatic rings. The van der Waals surface area contributed by atoms with Crippen molar-refractivity contribution in [2.45, 2.75) is 131 Å². The molecule has 2 unspecified atom stereocenters. The fourth-order valence-electron chi connectivity index (χ4n) is 3.08. The standard InChI is InChI=1S/2C10H20O2S.2C4H9.Sn/c2*1-3-5-6-10(4-2,7-8-13)9(11)12;2*1-3-4-2;/h2*13H,3-8H2,1-2H3,(H,11,12);2*1,3-4H2,2H3;/q;;;;+2/p-4. The summed E-state index contributed by atoms with van der Waals surface area (Å²) in [7, 11) is 0. The van der Waals surface area contributed by atoms with Crippen LogP contribution in [0.3, 0.4) is 0 Å². The number of unbranched alkanes of at least 4 members (excludes halogenated alkanes) is 4. The number of carbonyl (C=O) groups excluding carboxylic acids is 2. The van der Waals surface area contributed by atoms with Gasteiger partial charge in [-0.1, -0.05) is 120 Å². The number of carbonyl (C=O) groups is 2. The Bertz CT molecular complexity index is 409. The minimum atomic E-state index is -0.923. The van der Waals surface area contributed by atoms with E-state index in [2.05, 4.69) is 41.5 Å². The van der Waals surface area contributed by atoms with Gasteiger partial charge in [-0.2, -0.15) is 11.5 Å². The van der Waals surface area contributed by atoms with Crippen LogP contribution >= 0.6 is 0 Å². The molecule has 0 rings (SSSR count). The predicted molar refractivity (Wildman–Crippen MR) is 154 cm³/mol. The Hall–Kier alpha value is 0.439. The second-order valence-corrected chi connectivity index (χ2v) is 9.48. The second kappa shape index (κ2) is 32.5. The molecule has 0 spiro atoms. The van der Waals surface area contributed by atoms with Crippen LogP contribution in [0.5, 0.6) is 0 Å². The van der Waals surface area contributed by atoms with E-state index in [1.54, 1.807) is 0 Å². The predicted octanol–water partition coefficient (Wildman–Crippen LogP) is 5.38. The van der Waals surface area contributed by atoms with Gasteiger partial charge in [-0.3, -0.25) is 0 Å². The summed E-state index contributed by atoms with van der Waals surface area (Å²) >= 11 is 9.69. The summed E-state index contributed by atoms with van der Waals surface area (Å²) in [6.07, 6.45) is 12.3. The maximum Gasteiger partial charge on any atom is 2.00 e. The van der Waals surface area contributed by atoms with Crippen LogP contribution in [0.1, 0.15) is 131 Å². The summed E-state index contributed by atoms with van der Waals surface area (Å²) in [5, 5.41) is 22.0. The molecule has 7 heteroatoms. The molecule has 35 heavy (non-hydrogen) atoms. The average Bonchev–Trinajstić information content (AvgIpc) is 2.84. The normalized spacial score (nSPS) is 13.1. The fraction of sp³-hybridized carbons (Fsp3) is 0.857. The first-order valence-corrected chi connectivity index (χ1v) is 14.4. The minimum absolute atomic E-state index is 0. The molecule has 0 aromatic carbocycles. The molecule has 0 saturated carbocycles. The molecule has 208 valence electrons. The van der Waals surface area contributed by atoms with E-state index in [-0.39, 0.29) is 23.9 Å². The van der Waals surface area contributed by atoms with E-state index in [0.29, 0.717) is 50.0 Å². The van der Waals surface area contributed by atoms with Gasteiger partial charge in [-0.05, 0) is 25.7 Å². The molecule has 0 amide bonds. The molecule has 4 radical (unpaired) electrons. The molecule has 0 fully saturated rings. The molecule has 2 atom stereocenters. The summed E-state index contributed by atoms with van der Waals surface area (Å²) in [5.41, 5.74) is -1.31. The van der Waals surface area contributed by atoms with Crippen LogP contribution in [-0.4, -0.2) is 47.4 Å². The Morgan fingerprint density at radius 2 is 0.886 bits per heavy atom. The van der Waals surface area contributed by atoms with Gasteiger partial charge in [-0.15, -0.1) is 0 Å². The molecule has 0 bridgehead atoms. The van der Waals surface area contributed by atoms with Crippen molar-refractivity contribution in [3.05, 3.63) is 13.8 Å². The van der Waals surface area contributed by atoms with Gasteiger partial charge in [-0.25, -0.2) is 0 Å². The van der Waals surface area contributed by atoms with Gasteiger partial charge in [0.15, 0.2) is 0 Å².